The van der Waals surface area contributed by atoms with Crippen molar-refractivity contribution in [3.8, 4) is 11.5 Å². The molecular weight excluding hydrogens is 394 g/mol. The van der Waals surface area contributed by atoms with Crippen molar-refractivity contribution in [1.29, 1.82) is 0 Å². The molecule has 0 unspecified atom stereocenters. The van der Waals surface area contributed by atoms with Crippen LogP contribution in [-0.2, 0) is 20.9 Å². The Balaban J connectivity index is 1.51. The van der Waals surface area contributed by atoms with Gasteiger partial charge >= 0.3 is 5.97 Å². The van der Waals surface area contributed by atoms with Crippen LogP contribution in [0.5, 0.6) is 11.5 Å². The molecule has 7 heteroatoms. The highest BCUT2D eigenvalue weighted by atomic mass is 35.5. The Bertz CT molecular complexity index is 895. The highest BCUT2D eigenvalue weighted by Gasteiger charge is 2.17. The Kier molecular flexibility index (Phi) is 7.14. The molecule has 3 rings (SSSR count). The molecule has 0 saturated carbocycles. The van der Waals surface area contributed by atoms with Gasteiger partial charge in [0.1, 0.15) is 13.2 Å². The summed E-state index contributed by atoms with van der Waals surface area (Å²) in [6, 6.07) is 12.6. The Morgan fingerprint density at radius 1 is 1.10 bits per heavy atom. The summed E-state index contributed by atoms with van der Waals surface area (Å²) in [7, 11) is 0. The first kappa shape index (κ1) is 20.7. The predicted molar refractivity (Wildman–Crippen MR) is 110 cm³/mol. The minimum atomic E-state index is -0.580. The summed E-state index contributed by atoms with van der Waals surface area (Å²) in [5.74, 6) is 0.533. The van der Waals surface area contributed by atoms with Gasteiger partial charge in [0.25, 0.3) is 5.91 Å². The summed E-state index contributed by atoms with van der Waals surface area (Å²) in [5, 5.41) is 0.619. The summed E-state index contributed by atoms with van der Waals surface area (Å²) < 4.78 is 16.2. The third kappa shape index (κ3) is 5.99. The summed E-state index contributed by atoms with van der Waals surface area (Å²) in [5.41, 5.74) is 1.73. The number of esters is 1. The van der Waals surface area contributed by atoms with E-state index in [4.69, 9.17) is 25.8 Å². The minimum absolute atomic E-state index is 0.268. The molecule has 0 spiro atoms. The third-order valence-corrected chi connectivity index (χ3v) is 4.59. The molecular formula is C22H22ClNO5. The number of carbonyl (C=O) groups excluding carboxylic acids is 2. The number of hydrogen-bond donors (Lipinski definition) is 0. The summed E-state index contributed by atoms with van der Waals surface area (Å²) in [6.45, 7) is 3.48. The van der Waals surface area contributed by atoms with Crippen molar-refractivity contribution in [2.75, 3.05) is 26.4 Å². The quantitative estimate of drug-likeness (QED) is 0.509. The Hall–Kier alpha value is -2.99. The molecule has 0 aromatic heterocycles. The number of benzene rings is 2. The summed E-state index contributed by atoms with van der Waals surface area (Å²) >= 11 is 5.82. The second-order valence-electron chi connectivity index (χ2n) is 6.38. The summed E-state index contributed by atoms with van der Waals surface area (Å²) in [6.07, 6.45) is 2.89. The maximum absolute atomic E-state index is 12.4. The standard InChI is InChI=1S/C22H22ClNO5/c1-2-24(14-17-5-9-19-20(13-17)28-12-11-27-19)21(25)15-29-22(26)10-6-16-3-7-18(23)8-4-16/h3-10,13H,2,11-12,14-15H2,1H3/b10-6+. The van der Waals surface area contributed by atoms with Crippen LogP contribution in [0.4, 0.5) is 0 Å². The minimum Gasteiger partial charge on any atom is -0.486 e. The van der Waals surface area contributed by atoms with Crippen molar-refractivity contribution >= 4 is 29.6 Å². The lowest BCUT2D eigenvalue weighted by Crippen LogP contribution is -2.34. The second kappa shape index (κ2) is 9.98. The van der Waals surface area contributed by atoms with Crippen LogP contribution in [0.1, 0.15) is 18.1 Å². The number of likely N-dealkylation sites (N-methyl/N-ethyl adjacent to an activating group) is 1. The molecule has 2 aromatic carbocycles. The van der Waals surface area contributed by atoms with Crippen molar-refractivity contribution < 1.29 is 23.8 Å². The third-order valence-electron chi connectivity index (χ3n) is 4.33. The molecule has 0 fully saturated rings. The van der Waals surface area contributed by atoms with Crippen LogP contribution in [0.25, 0.3) is 6.08 Å². The van der Waals surface area contributed by atoms with Gasteiger partial charge in [-0.2, -0.15) is 0 Å². The van der Waals surface area contributed by atoms with Crippen molar-refractivity contribution in [3.05, 3.63) is 64.7 Å². The van der Waals surface area contributed by atoms with Crippen LogP contribution in [-0.4, -0.2) is 43.1 Å². The van der Waals surface area contributed by atoms with Crippen LogP contribution in [0.15, 0.2) is 48.5 Å². The van der Waals surface area contributed by atoms with Crippen molar-refractivity contribution in [2.24, 2.45) is 0 Å². The molecule has 0 N–H and O–H groups in total. The van der Waals surface area contributed by atoms with E-state index in [1.165, 1.54) is 6.08 Å². The highest BCUT2D eigenvalue weighted by molar-refractivity contribution is 6.30. The number of carbonyl (C=O) groups is 2. The number of fused-ring (bicyclic) bond motifs is 1. The van der Waals surface area contributed by atoms with Crippen molar-refractivity contribution in [3.63, 3.8) is 0 Å². The van der Waals surface area contributed by atoms with E-state index in [0.29, 0.717) is 42.8 Å². The first-order valence-electron chi connectivity index (χ1n) is 9.32. The fourth-order valence-electron chi connectivity index (χ4n) is 2.79. The Labute approximate surface area is 174 Å². The lowest BCUT2D eigenvalue weighted by molar-refractivity contribution is -0.148. The zero-order chi connectivity index (χ0) is 20.6. The molecule has 6 nitrogen and oxygen atoms in total. The van der Waals surface area contributed by atoms with E-state index in [2.05, 4.69) is 0 Å². The molecule has 1 heterocycles. The number of halogens is 1. The van der Waals surface area contributed by atoms with Gasteiger partial charge in [0.2, 0.25) is 0 Å². The molecule has 0 radical (unpaired) electrons. The molecule has 0 bridgehead atoms. The van der Waals surface area contributed by atoms with E-state index >= 15 is 0 Å². The first-order chi connectivity index (χ1) is 14.0. The largest absolute Gasteiger partial charge is 0.486 e. The smallest absolute Gasteiger partial charge is 0.331 e. The number of nitrogens with zero attached hydrogens (tertiary/aromatic N) is 1. The molecule has 1 amide bonds. The van der Waals surface area contributed by atoms with Gasteiger partial charge in [0.15, 0.2) is 18.1 Å². The average Bonchev–Trinajstić information content (AvgIpc) is 2.75. The van der Waals surface area contributed by atoms with Gasteiger partial charge in [-0.15, -0.1) is 0 Å². The van der Waals surface area contributed by atoms with Gasteiger partial charge in [-0.3, -0.25) is 4.79 Å². The molecule has 0 atom stereocenters. The molecule has 2 aromatic rings. The second-order valence-corrected chi connectivity index (χ2v) is 6.81. The normalized spacial score (nSPS) is 12.6. The molecule has 152 valence electrons. The monoisotopic (exact) mass is 415 g/mol. The van der Waals surface area contributed by atoms with Gasteiger partial charge in [0, 0.05) is 24.2 Å². The van der Waals surface area contributed by atoms with Crippen molar-refractivity contribution in [2.45, 2.75) is 13.5 Å². The van der Waals surface area contributed by atoms with Crippen LogP contribution in [0.3, 0.4) is 0 Å². The van der Waals surface area contributed by atoms with Crippen LogP contribution < -0.4 is 9.47 Å². The molecule has 1 aliphatic heterocycles. The van der Waals surface area contributed by atoms with Gasteiger partial charge in [-0.25, -0.2) is 4.79 Å². The topological polar surface area (TPSA) is 65.1 Å². The lowest BCUT2D eigenvalue weighted by Gasteiger charge is -2.23. The number of ether oxygens (including phenoxy) is 3. The van der Waals surface area contributed by atoms with Crippen LogP contribution in [0, 0.1) is 0 Å². The van der Waals surface area contributed by atoms with E-state index in [0.717, 1.165) is 11.1 Å². The van der Waals surface area contributed by atoms with Gasteiger partial charge in [-0.1, -0.05) is 29.8 Å². The predicted octanol–water partition coefficient (Wildman–Crippen LogP) is 3.72. The fraction of sp³-hybridized carbons (Fsp3) is 0.273. The Morgan fingerprint density at radius 2 is 1.83 bits per heavy atom. The SMILES string of the molecule is CCN(Cc1ccc2c(c1)OCCO2)C(=O)COC(=O)/C=C/c1ccc(Cl)cc1. The van der Waals surface area contributed by atoms with Gasteiger partial charge in [0.05, 0.1) is 0 Å². The first-order valence-corrected chi connectivity index (χ1v) is 9.69. The van der Waals surface area contributed by atoms with E-state index in [1.54, 1.807) is 35.2 Å². The number of hydrogen-bond acceptors (Lipinski definition) is 5. The number of amides is 1. The highest BCUT2D eigenvalue weighted by Crippen LogP contribution is 2.31. The van der Waals surface area contributed by atoms with E-state index in [9.17, 15) is 9.59 Å². The molecule has 29 heavy (non-hydrogen) atoms. The van der Waals surface area contributed by atoms with Crippen LogP contribution >= 0.6 is 11.6 Å². The maximum Gasteiger partial charge on any atom is 0.331 e. The number of rotatable bonds is 7. The van der Waals surface area contributed by atoms with Crippen molar-refractivity contribution in [1.82, 2.24) is 4.90 Å². The fourth-order valence-corrected chi connectivity index (χ4v) is 2.92. The molecule has 0 aliphatic carbocycles. The van der Waals surface area contributed by atoms with E-state index in [1.807, 2.05) is 25.1 Å². The zero-order valence-corrected chi connectivity index (χ0v) is 16.9. The van der Waals surface area contributed by atoms with E-state index < -0.39 is 5.97 Å². The maximum atomic E-state index is 12.4. The zero-order valence-electron chi connectivity index (χ0n) is 16.1. The van der Waals surface area contributed by atoms with Crippen LogP contribution in [0.2, 0.25) is 5.02 Å². The van der Waals surface area contributed by atoms with E-state index in [-0.39, 0.29) is 12.5 Å². The summed E-state index contributed by atoms with van der Waals surface area (Å²) in [4.78, 5) is 25.9. The Morgan fingerprint density at radius 3 is 2.55 bits per heavy atom. The molecule has 0 saturated heterocycles. The van der Waals surface area contributed by atoms with Gasteiger partial charge in [-0.05, 0) is 48.4 Å². The average molecular weight is 416 g/mol. The molecule has 1 aliphatic rings. The lowest BCUT2D eigenvalue weighted by atomic mass is 10.1. The van der Waals surface area contributed by atoms with Gasteiger partial charge < -0.3 is 19.1 Å².